The molecule has 3 rings (SSSR count). The number of amides is 1. The van der Waals surface area contributed by atoms with E-state index < -0.39 is 5.82 Å². The summed E-state index contributed by atoms with van der Waals surface area (Å²) in [6.07, 6.45) is 1.41. The van der Waals surface area contributed by atoms with Gasteiger partial charge in [0, 0.05) is 36.0 Å². The van der Waals surface area contributed by atoms with E-state index >= 15 is 0 Å². The van der Waals surface area contributed by atoms with Gasteiger partial charge in [-0.15, -0.1) is 0 Å². The molecule has 0 atom stereocenters. The third-order valence-corrected chi connectivity index (χ3v) is 4.68. The maximum atomic E-state index is 14.2. The smallest absolute Gasteiger partial charge is 0.251 e. The van der Waals surface area contributed by atoms with Crippen LogP contribution >= 0.6 is 0 Å². The van der Waals surface area contributed by atoms with Crippen molar-refractivity contribution in [3.63, 3.8) is 0 Å². The number of nitrogens with zero attached hydrogens (tertiary/aromatic N) is 4. The van der Waals surface area contributed by atoms with E-state index in [0.717, 1.165) is 17.2 Å². The standard InChI is InChI=1S/C21H25FN6O/c1-12(2)26-19-9-18(24-11-25-19)15-6-16(8-17(22)7-15)21(29)23-10-20-27-13(3)14(4)28(20)5/h6-9,11-12H,10H2,1-5H3,(H,23,29)(H,24,25,26). The molecule has 8 heteroatoms. The van der Waals surface area contributed by atoms with Gasteiger partial charge in [-0.2, -0.15) is 0 Å². The van der Waals surface area contributed by atoms with Gasteiger partial charge in [0.1, 0.15) is 23.8 Å². The van der Waals surface area contributed by atoms with Gasteiger partial charge in [-0.3, -0.25) is 4.79 Å². The molecule has 1 amide bonds. The van der Waals surface area contributed by atoms with Crippen LogP contribution in [0.3, 0.4) is 0 Å². The second-order valence-corrected chi connectivity index (χ2v) is 7.26. The first-order chi connectivity index (χ1) is 13.7. The molecule has 0 unspecified atom stereocenters. The minimum absolute atomic E-state index is 0.199. The Morgan fingerprint density at radius 1 is 1.17 bits per heavy atom. The van der Waals surface area contributed by atoms with Crippen LogP contribution in [0.4, 0.5) is 10.2 Å². The lowest BCUT2D eigenvalue weighted by atomic mass is 10.1. The van der Waals surface area contributed by atoms with Crippen molar-refractivity contribution in [2.45, 2.75) is 40.3 Å². The van der Waals surface area contributed by atoms with E-state index in [4.69, 9.17) is 0 Å². The minimum Gasteiger partial charge on any atom is -0.368 e. The summed E-state index contributed by atoms with van der Waals surface area (Å²) in [7, 11) is 1.90. The first-order valence-electron chi connectivity index (χ1n) is 9.41. The lowest BCUT2D eigenvalue weighted by Crippen LogP contribution is -2.24. The third-order valence-electron chi connectivity index (χ3n) is 4.68. The molecule has 0 fully saturated rings. The summed E-state index contributed by atoms with van der Waals surface area (Å²) >= 11 is 0. The van der Waals surface area contributed by atoms with E-state index in [1.54, 1.807) is 12.1 Å². The highest BCUT2D eigenvalue weighted by Crippen LogP contribution is 2.22. The summed E-state index contributed by atoms with van der Waals surface area (Å²) in [4.78, 5) is 25.4. The number of rotatable bonds is 6. The number of imidazole rings is 1. The van der Waals surface area contributed by atoms with Gasteiger partial charge >= 0.3 is 0 Å². The fraction of sp³-hybridized carbons (Fsp3) is 0.333. The second-order valence-electron chi connectivity index (χ2n) is 7.26. The van der Waals surface area contributed by atoms with Crippen LogP contribution in [0, 0.1) is 19.7 Å². The Hall–Kier alpha value is -3.29. The second kappa shape index (κ2) is 8.38. The van der Waals surface area contributed by atoms with Gasteiger partial charge < -0.3 is 15.2 Å². The van der Waals surface area contributed by atoms with Crippen molar-refractivity contribution in [1.82, 2.24) is 24.8 Å². The van der Waals surface area contributed by atoms with Gasteiger partial charge in [-0.05, 0) is 45.9 Å². The molecule has 2 heterocycles. The Balaban J connectivity index is 1.81. The lowest BCUT2D eigenvalue weighted by Gasteiger charge is -2.11. The van der Waals surface area contributed by atoms with Crippen LogP contribution in [0.25, 0.3) is 11.3 Å². The minimum atomic E-state index is -0.506. The molecule has 0 saturated carbocycles. The van der Waals surface area contributed by atoms with E-state index in [1.807, 2.05) is 39.3 Å². The Morgan fingerprint density at radius 3 is 2.59 bits per heavy atom. The number of hydrogen-bond acceptors (Lipinski definition) is 5. The molecular weight excluding hydrogens is 371 g/mol. The van der Waals surface area contributed by atoms with Crippen molar-refractivity contribution >= 4 is 11.7 Å². The molecule has 1 aromatic carbocycles. The van der Waals surface area contributed by atoms with E-state index in [1.165, 1.54) is 18.5 Å². The lowest BCUT2D eigenvalue weighted by molar-refractivity contribution is 0.0949. The van der Waals surface area contributed by atoms with Crippen LogP contribution in [-0.4, -0.2) is 31.5 Å². The molecule has 0 bridgehead atoms. The molecular formula is C21H25FN6O. The first kappa shape index (κ1) is 20.4. The average Bonchev–Trinajstić information content (AvgIpc) is 2.92. The van der Waals surface area contributed by atoms with Crippen molar-refractivity contribution in [2.75, 3.05) is 5.32 Å². The summed E-state index contributed by atoms with van der Waals surface area (Å²) in [5.74, 6) is 0.498. The highest BCUT2D eigenvalue weighted by Gasteiger charge is 2.14. The number of carbonyl (C=O) groups is 1. The molecule has 3 aromatic rings. The molecule has 152 valence electrons. The third kappa shape index (κ3) is 4.77. The number of hydrogen-bond donors (Lipinski definition) is 2. The fourth-order valence-corrected chi connectivity index (χ4v) is 2.96. The van der Waals surface area contributed by atoms with Crippen LogP contribution in [0.2, 0.25) is 0 Å². The van der Waals surface area contributed by atoms with Gasteiger partial charge in [-0.1, -0.05) is 0 Å². The van der Waals surface area contributed by atoms with Gasteiger partial charge in [0.25, 0.3) is 5.91 Å². The molecule has 0 aliphatic rings. The Bertz CT molecular complexity index is 1040. The highest BCUT2D eigenvalue weighted by molar-refractivity contribution is 5.95. The van der Waals surface area contributed by atoms with Crippen molar-refractivity contribution in [3.05, 3.63) is 59.2 Å². The van der Waals surface area contributed by atoms with E-state index in [9.17, 15) is 9.18 Å². The zero-order valence-electron chi connectivity index (χ0n) is 17.2. The monoisotopic (exact) mass is 396 g/mol. The summed E-state index contributed by atoms with van der Waals surface area (Å²) in [5, 5.41) is 5.99. The quantitative estimate of drug-likeness (QED) is 0.667. The zero-order valence-corrected chi connectivity index (χ0v) is 17.2. The topological polar surface area (TPSA) is 84.7 Å². The van der Waals surface area contributed by atoms with Crippen LogP contribution in [-0.2, 0) is 13.6 Å². The summed E-state index contributed by atoms with van der Waals surface area (Å²) < 4.78 is 16.1. The number of carbonyl (C=O) groups excluding carboxylic acids is 1. The SMILES string of the molecule is Cc1nc(CNC(=O)c2cc(F)cc(-c3cc(NC(C)C)ncn3)c2)n(C)c1C. The van der Waals surface area contributed by atoms with Crippen molar-refractivity contribution in [1.29, 1.82) is 0 Å². The largest absolute Gasteiger partial charge is 0.368 e. The molecule has 0 aliphatic heterocycles. The molecule has 0 saturated heterocycles. The predicted octanol–water partition coefficient (Wildman–Crippen LogP) is 3.38. The van der Waals surface area contributed by atoms with Crippen molar-refractivity contribution in [2.24, 2.45) is 7.05 Å². The van der Waals surface area contributed by atoms with Gasteiger partial charge in [0.2, 0.25) is 0 Å². The highest BCUT2D eigenvalue weighted by atomic mass is 19.1. The normalized spacial score (nSPS) is 11.0. The summed E-state index contributed by atoms with van der Waals surface area (Å²) in [6.45, 7) is 8.14. The molecule has 7 nitrogen and oxygen atoms in total. The van der Waals surface area contributed by atoms with E-state index in [2.05, 4.69) is 25.6 Å². The first-order valence-corrected chi connectivity index (χ1v) is 9.41. The van der Waals surface area contributed by atoms with Gasteiger partial charge in [0.05, 0.1) is 17.9 Å². The van der Waals surface area contributed by atoms with Gasteiger partial charge in [0.15, 0.2) is 0 Å². The maximum Gasteiger partial charge on any atom is 0.251 e. The molecule has 29 heavy (non-hydrogen) atoms. The zero-order chi connectivity index (χ0) is 21.1. The number of anilines is 1. The van der Waals surface area contributed by atoms with Gasteiger partial charge in [-0.25, -0.2) is 19.3 Å². The predicted molar refractivity (Wildman–Crippen MR) is 110 cm³/mol. The Labute approximate surface area is 169 Å². The number of aromatic nitrogens is 4. The molecule has 0 spiro atoms. The molecule has 2 aromatic heterocycles. The van der Waals surface area contributed by atoms with Crippen LogP contribution in [0.5, 0.6) is 0 Å². The van der Waals surface area contributed by atoms with Crippen molar-refractivity contribution in [3.8, 4) is 11.3 Å². The van der Waals surface area contributed by atoms with Crippen LogP contribution in [0.15, 0.2) is 30.6 Å². The van der Waals surface area contributed by atoms with E-state index in [-0.39, 0.29) is 24.1 Å². The molecule has 0 aliphatic carbocycles. The molecule has 0 radical (unpaired) electrons. The number of nitrogens with one attached hydrogen (secondary N) is 2. The van der Waals surface area contributed by atoms with Crippen molar-refractivity contribution < 1.29 is 9.18 Å². The fourth-order valence-electron chi connectivity index (χ4n) is 2.96. The number of halogens is 1. The Morgan fingerprint density at radius 2 is 1.93 bits per heavy atom. The van der Waals surface area contributed by atoms with Crippen LogP contribution < -0.4 is 10.6 Å². The number of aryl methyl sites for hydroxylation is 1. The average molecular weight is 396 g/mol. The summed E-state index contributed by atoms with van der Waals surface area (Å²) in [5.41, 5.74) is 3.22. The molecule has 2 N–H and O–H groups in total. The van der Waals surface area contributed by atoms with E-state index in [0.29, 0.717) is 17.1 Å². The number of benzene rings is 1. The summed E-state index contributed by atoms with van der Waals surface area (Å²) in [6, 6.07) is 6.11. The maximum absolute atomic E-state index is 14.2. The van der Waals surface area contributed by atoms with Crippen LogP contribution in [0.1, 0.15) is 41.4 Å². The Kier molecular flexibility index (Phi) is 5.91.